The van der Waals surface area contributed by atoms with E-state index >= 15 is 0 Å². The Morgan fingerprint density at radius 1 is 1.23 bits per heavy atom. The second-order valence-electron chi connectivity index (χ2n) is 10.1. The number of phenols is 1. The molecule has 1 aliphatic heterocycles. The average molecular weight is 555 g/mol. The van der Waals surface area contributed by atoms with Crippen molar-refractivity contribution in [1.82, 2.24) is 0 Å². The molecule has 4 rings (SSSR count). The molecular weight excluding hydrogens is 524 g/mol. The quantitative estimate of drug-likeness (QED) is 0.171. The molecule has 0 spiro atoms. The van der Waals surface area contributed by atoms with Crippen molar-refractivity contribution in [1.29, 1.82) is 0 Å². The van der Waals surface area contributed by atoms with Crippen molar-refractivity contribution in [3.63, 3.8) is 0 Å². The van der Waals surface area contributed by atoms with E-state index in [1.807, 2.05) is 19.9 Å². The van der Waals surface area contributed by atoms with Crippen LogP contribution in [0.15, 0.2) is 59.2 Å². The van der Waals surface area contributed by atoms with Crippen molar-refractivity contribution in [3.8, 4) is 5.75 Å². The Morgan fingerprint density at radius 2 is 1.97 bits per heavy atom. The fourth-order valence-electron chi connectivity index (χ4n) is 5.79. The van der Waals surface area contributed by atoms with Gasteiger partial charge in [0, 0.05) is 18.1 Å². The lowest BCUT2D eigenvalue weighted by molar-refractivity contribution is -0.384. The molecule has 2 aliphatic rings. The molecule has 2 aromatic carbocycles. The third-order valence-electron chi connectivity index (χ3n) is 7.66. The van der Waals surface area contributed by atoms with Crippen LogP contribution in [-0.2, 0) is 9.59 Å². The highest BCUT2D eigenvalue weighted by Gasteiger charge is 2.55. The Balaban J connectivity index is 1.58. The van der Waals surface area contributed by atoms with Crippen molar-refractivity contribution >= 4 is 40.9 Å². The number of rotatable bonds is 9. The summed E-state index contributed by atoms with van der Waals surface area (Å²) in [6, 6.07) is 10.1. The molecule has 1 fully saturated rings. The van der Waals surface area contributed by atoms with Crippen LogP contribution in [0.25, 0.3) is 6.08 Å². The summed E-state index contributed by atoms with van der Waals surface area (Å²) in [7, 11) is 0. The number of halogens is 1. The Labute approximate surface area is 231 Å². The minimum atomic E-state index is -0.938. The summed E-state index contributed by atoms with van der Waals surface area (Å²) in [4.78, 5) is 38.6. The molecule has 0 radical (unpaired) electrons. The Morgan fingerprint density at radius 3 is 2.62 bits per heavy atom. The highest BCUT2D eigenvalue weighted by atomic mass is 35.5. The van der Waals surface area contributed by atoms with Crippen molar-refractivity contribution < 1.29 is 29.8 Å². The van der Waals surface area contributed by atoms with Crippen molar-refractivity contribution in [2.24, 2.45) is 17.8 Å². The van der Waals surface area contributed by atoms with Gasteiger partial charge in [-0.2, -0.15) is 0 Å². The predicted molar refractivity (Wildman–Crippen MR) is 147 cm³/mol. The number of phenolic OH excluding ortho intramolecular Hbond substituents is 1. The summed E-state index contributed by atoms with van der Waals surface area (Å²) in [5.74, 6) is -3.23. The third-order valence-corrected chi connectivity index (χ3v) is 7.99. The lowest BCUT2D eigenvalue weighted by Crippen LogP contribution is -2.39. The number of hydrogen-bond donors (Lipinski definition) is 3. The number of aliphatic hydroxyl groups is 2. The van der Waals surface area contributed by atoms with Gasteiger partial charge in [-0.1, -0.05) is 41.8 Å². The number of nitro benzene ring substituents is 1. The number of imide groups is 1. The first kappa shape index (κ1) is 28.5. The van der Waals surface area contributed by atoms with E-state index in [2.05, 4.69) is 0 Å². The van der Waals surface area contributed by atoms with E-state index in [4.69, 9.17) is 11.6 Å². The fourth-order valence-corrected chi connectivity index (χ4v) is 6.02. The lowest BCUT2D eigenvalue weighted by Gasteiger charge is -2.36. The maximum Gasteiger partial charge on any atom is 0.271 e. The van der Waals surface area contributed by atoms with Crippen LogP contribution in [0.3, 0.4) is 0 Å². The van der Waals surface area contributed by atoms with Crippen molar-refractivity contribution in [3.05, 3.63) is 79.9 Å². The van der Waals surface area contributed by atoms with Gasteiger partial charge >= 0.3 is 0 Å². The first-order valence-electron chi connectivity index (χ1n) is 12.9. The average Bonchev–Trinajstić information content (AvgIpc) is 3.16. The number of carbonyl (C=O) groups is 2. The van der Waals surface area contributed by atoms with Crippen LogP contribution in [-0.4, -0.2) is 44.8 Å². The van der Waals surface area contributed by atoms with Gasteiger partial charge in [0.1, 0.15) is 5.75 Å². The summed E-state index contributed by atoms with van der Waals surface area (Å²) in [6.07, 6.45) is 2.60. The zero-order chi connectivity index (χ0) is 28.4. The van der Waals surface area contributed by atoms with Crippen molar-refractivity contribution in [2.45, 2.75) is 45.6 Å². The van der Waals surface area contributed by atoms with Gasteiger partial charge in [0.15, 0.2) is 0 Å². The van der Waals surface area contributed by atoms with Crippen LogP contribution in [0.2, 0.25) is 5.02 Å². The van der Waals surface area contributed by atoms with Gasteiger partial charge in [0.25, 0.3) is 5.69 Å². The van der Waals surface area contributed by atoms with Crippen LogP contribution in [0.1, 0.15) is 45.1 Å². The summed E-state index contributed by atoms with van der Waals surface area (Å²) in [6.45, 7) is 3.40. The monoisotopic (exact) mass is 554 g/mol. The first-order chi connectivity index (χ1) is 18.6. The second kappa shape index (κ2) is 11.7. The SMILES string of the molecule is CCC1=C([C@H](O)CC/C(C)=C/c2ccc(O)cc2Cl)[C@H](CO)[C@@H]2C(=O)N(c3cccc([N+](=O)[O-])c3)C(=O)[C@@H]2C1. The number of aliphatic hydroxyl groups excluding tert-OH is 2. The minimum Gasteiger partial charge on any atom is -0.508 e. The molecule has 1 heterocycles. The maximum atomic E-state index is 13.6. The maximum absolute atomic E-state index is 13.6. The zero-order valence-electron chi connectivity index (χ0n) is 21.7. The minimum absolute atomic E-state index is 0.0684. The molecule has 10 heteroatoms. The molecule has 1 aliphatic carbocycles. The summed E-state index contributed by atoms with van der Waals surface area (Å²) in [5.41, 5.74) is 3.01. The number of non-ortho nitro benzene ring substituents is 1. The molecule has 0 bridgehead atoms. The standard InChI is InChI=1S/C29H31ClN2O7/c1-3-17-12-22-27(29(37)31(28(22)36)19-5-4-6-20(13-19)32(38)39)23(15-33)26(17)25(35)10-7-16(2)11-18-8-9-21(34)14-24(18)30/h4-6,8-9,11,13-14,22-23,25,27,33-35H,3,7,10,12,15H2,1-2H3/b16-11+/t22-,23+,25-,27-/m1/s1. The lowest BCUT2D eigenvalue weighted by atomic mass is 9.67. The number of amides is 2. The number of nitrogens with zero attached hydrogens (tertiary/aromatic N) is 2. The van der Waals surface area contributed by atoms with Gasteiger partial charge in [-0.15, -0.1) is 0 Å². The van der Waals surface area contributed by atoms with Crippen LogP contribution >= 0.6 is 11.6 Å². The number of carbonyl (C=O) groups excluding carboxylic acids is 2. The van der Waals surface area contributed by atoms with Gasteiger partial charge in [-0.05, 0) is 68.0 Å². The first-order valence-corrected chi connectivity index (χ1v) is 13.2. The van der Waals surface area contributed by atoms with E-state index < -0.39 is 47.2 Å². The molecule has 39 heavy (non-hydrogen) atoms. The smallest absolute Gasteiger partial charge is 0.271 e. The molecule has 1 saturated heterocycles. The molecule has 0 unspecified atom stereocenters. The molecular formula is C29H31ClN2O7. The largest absolute Gasteiger partial charge is 0.508 e. The molecule has 0 aromatic heterocycles. The van der Waals surface area contributed by atoms with E-state index in [0.717, 1.165) is 21.6 Å². The number of benzene rings is 2. The predicted octanol–water partition coefficient (Wildman–Crippen LogP) is 5.02. The summed E-state index contributed by atoms with van der Waals surface area (Å²) >= 11 is 6.21. The number of nitro groups is 1. The van der Waals surface area contributed by atoms with Gasteiger partial charge in [-0.3, -0.25) is 19.7 Å². The number of anilines is 1. The van der Waals surface area contributed by atoms with E-state index in [0.29, 0.717) is 29.9 Å². The summed E-state index contributed by atoms with van der Waals surface area (Å²) in [5, 5.41) is 42.9. The van der Waals surface area contributed by atoms with E-state index in [9.17, 15) is 35.0 Å². The molecule has 206 valence electrons. The normalized spacial score (nSPS) is 22.3. The third kappa shape index (κ3) is 5.61. The topological polar surface area (TPSA) is 141 Å². The number of fused-ring (bicyclic) bond motifs is 1. The molecule has 3 N–H and O–H groups in total. The highest BCUT2D eigenvalue weighted by Crippen LogP contribution is 2.48. The van der Waals surface area contributed by atoms with Crippen LogP contribution in [0.4, 0.5) is 11.4 Å². The number of aromatic hydroxyl groups is 1. The fraction of sp³-hybridized carbons (Fsp3) is 0.379. The van der Waals surface area contributed by atoms with Gasteiger partial charge < -0.3 is 15.3 Å². The van der Waals surface area contributed by atoms with E-state index in [1.54, 1.807) is 12.1 Å². The number of allylic oxidation sites excluding steroid dienone is 2. The molecule has 4 atom stereocenters. The molecule has 9 nitrogen and oxygen atoms in total. The molecule has 2 aromatic rings. The molecule has 2 amide bonds. The number of hydrogen-bond acceptors (Lipinski definition) is 7. The van der Waals surface area contributed by atoms with Crippen LogP contribution in [0, 0.1) is 27.9 Å². The van der Waals surface area contributed by atoms with E-state index in [-0.39, 0.29) is 23.5 Å². The van der Waals surface area contributed by atoms with Crippen LogP contribution < -0.4 is 4.90 Å². The van der Waals surface area contributed by atoms with E-state index in [1.165, 1.54) is 30.3 Å². The van der Waals surface area contributed by atoms with Crippen molar-refractivity contribution in [2.75, 3.05) is 11.5 Å². The Kier molecular flexibility index (Phi) is 8.54. The van der Waals surface area contributed by atoms with Crippen LogP contribution in [0.5, 0.6) is 5.75 Å². The Bertz CT molecular complexity index is 1370. The van der Waals surface area contributed by atoms with Gasteiger partial charge in [-0.25, -0.2) is 4.90 Å². The second-order valence-corrected chi connectivity index (χ2v) is 10.5. The summed E-state index contributed by atoms with van der Waals surface area (Å²) < 4.78 is 0. The van der Waals surface area contributed by atoms with Gasteiger partial charge in [0.2, 0.25) is 11.8 Å². The highest BCUT2D eigenvalue weighted by molar-refractivity contribution is 6.32. The van der Waals surface area contributed by atoms with Gasteiger partial charge in [0.05, 0.1) is 40.2 Å². The Hall–Kier alpha value is -3.53. The zero-order valence-corrected chi connectivity index (χ0v) is 22.5. The molecule has 0 saturated carbocycles.